The van der Waals surface area contributed by atoms with Crippen LogP contribution in [0.15, 0.2) is 61.2 Å². The summed E-state index contributed by atoms with van der Waals surface area (Å²) in [6, 6.07) is 15.9. The first-order valence-corrected chi connectivity index (χ1v) is 8.14. The van der Waals surface area contributed by atoms with Gasteiger partial charge in [-0.2, -0.15) is 4.98 Å². The molecule has 2 aromatic heterocycles. The summed E-state index contributed by atoms with van der Waals surface area (Å²) in [7, 11) is 1.83. The number of para-hydroxylation sites is 1. The number of nitrogens with one attached hydrogen (secondary N) is 2. The molecule has 0 fully saturated rings. The van der Waals surface area contributed by atoms with Crippen molar-refractivity contribution in [3.05, 3.63) is 66.7 Å². The molecule has 130 valence electrons. The summed E-state index contributed by atoms with van der Waals surface area (Å²) in [4.78, 5) is 8.51. The van der Waals surface area contributed by atoms with E-state index in [1.54, 1.807) is 22.0 Å². The van der Waals surface area contributed by atoms with Gasteiger partial charge in [0.1, 0.15) is 12.7 Å². The van der Waals surface area contributed by atoms with Crippen molar-refractivity contribution in [3.8, 4) is 5.69 Å². The molecule has 0 amide bonds. The molecule has 2 N–H and O–H groups in total. The SMILES string of the molecule is Cc1cc(Nc2ncn(C)n2)cc(Nc2ncn(-c3ccccc3)n2)c1. The van der Waals surface area contributed by atoms with Crippen LogP contribution in [0.1, 0.15) is 5.56 Å². The molecule has 2 heterocycles. The number of anilines is 4. The van der Waals surface area contributed by atoms with E-state index in [-0.39, 0.29) is 0 Å². The molecule has 0 unspecified atom stereocenters. The van der Waals surface area contributed by atoms with E-state index in [4.69, 9.17) is 0 Å². The second kappa shape index (κ2) is 6.67. The fourth-order valence-electron chi connectivity index (χ4n) is 2.61. The third-order valence-electron chi connectivity index (χ3n) is 3.70. The zero-order valence-corrected chi connectivity index (χ0v) is 14.5. The fourth-order valence-corrected chi connectivity index (χ4v) is 2.61. The molecule has 0 aliphatic heterocycles. The van der Waals surface area contributed by atoms with Crippen LogP contribution in [0, 0.1) is 6.92 Å². The number of aromatic nitrogens is 6. The van der Waals surface area contributed by atoms with Crippen molar-refractivity contribution in [1.82, 2.24) is 29.5 Å². The van der Waals surface area contributed by atoms with Crippen molar-refractivity contribution in [2.75, 3.05) is 10.6 Å². The average molecular weight is 346 g/mol. The predicted octanol–water partition coefficient (Wildman–Crippen LogP) is 3.19. The molecule has 2 aromatic carbocycles. The van der Waals surface area contributed by atoms with E-state index in [1.807, 2.05) is 62.5 Å². The molecular formula is C18H18N8. The van der Waals surface area contributed by atoms with Crippen LogP contribution in [0.2, 0.25) is 0 Å². The molecule has 0 bridgehead atoms. The quantitative estimate of drug-likeness (QED) is 0.577. The largest absolute Gasteiger partial charge is 0.323 e. The fraction of sp³-hybridized carbons (Fsp3) is 0.111. The van der Waals surface area contributed by atoms with Gasteiger partial charge in [-0.25, -0.2) is 9.67 Å². The summed E-state index contributed by atoms with van der Waals surface area (Å²) in [5, 5.41) is 15.1. The van der Waals surface area contributed by atoms with Gasteiger partial charge >= 0.3 is 0 Å². The number of benzene rings is 2. The van der Waals surface area contributed by atoms with Gasteiger partial charge in [-0.05, 0) is 42.8 Å². The van der Waals surface area contributed by atoms with Gasteiger partial charge in [0.2, 0.25) is 11.9 Å². The Kier molecular flexibility index (Phi) is 4.06. The van der Waals surface area contributed by atoms with Crippen molar-refractivity contribution >= 4 is 23.3 Å². The summed E-state index contributed by atoms with van der Waals surface area (Å²) >= 11 is 0. The molecule has 4 aromatic rings. The van der Waals surface area contributed by atoms with Crippen LogP contribution in [-0.2, 0) is 7.05 Å². The lowest BCUT2D eigenvalue weighted by Crippen LogP contribution is -1.99. The van der Waals surface area contributed by atoms with Gasteiger partial charge < -0.3 is 10.6 Å². The maximum absolute atomic E-state index is 4.47. The third-order valence-corrected chi connectivity index (χ3v) is 3.70. The first kappa shape index (κ1) is 15.8. The Bertz CT molecular complexity index is 1020. The van der Waals surface area contributed by atoms with Crippen LogP contribution < -0.4 is 10.6 Å². The van der Waals surface area contributed by atoms with E-state index >= 15 is 0 Å². The molecule has 8 nitrogen and oxygen atoms in total. The lowest BCUT2D eigenvalue weighted by Gasteiger charge is -2.08. The van der Waals surface area contributed by atoms with E-state index in [2.05, 4.69) is 30.8 Å². The number of hydrogen-bond donors (Lipinski definition) is 2. The van der Waals surface area contributed by atoms with Gasteiger partial charge in [0, 0.05) is 18.4 Å². The van der Waals surface area contributed by atoms with Gasteiger partial charge in [-0.15, -0.1) is 10.2 Å². The molecule has 0 aliphatic rings. The average Bonchev–Trinajstić information content (AvgIpc) is 3.24. The number of nitrogens with zero attached hydrogens (tertiary/aromatic N) is 6. The van der Waals surface area contributed by atoms with E-state index in [1.165, 1.54) is 0 Å². The highest BCUT2D eigenvalue weighted by Gasteiger charge is 2.06. The van der Waals surface area contributed by atoms with Crippen LogP contribution in [0.3, 0.4) is 0 Å². The molecule has 26 heavy (non-hydrogen) atoms. The van der Waals surface area contributed by atoms with Crippen molar-refractivity contribution in [3.63, 3.8) is 0 Å². The molecule has 0 saturated heterocycles. The minimum atomic E-state index is 0.529. The predicted molar refractivity (Wildman–Crippen MR) is 100 cm³/mol. The maximum Gasteiger partial charge on any atom is 0.246 e. The highest BCUT2D eigenvalue weighted by atomic mass is 15.4. The molecule has 0 radical (unpaired) electrons. The topological polar surface area (TPSA) is 85.5 Å². The summed E-state index contributed by atoms with van der Waals surface area (Å²) in [5.74, 6) is 1.08. The molecule has 0 spiro atoms. The zero-order chi connectivity index (χ0) is 17.9. The Labute approximate surface area is 150 Å². The highest BCUT2D eigenvalue weighted by Crippen LogP contribution is 2.23. The maximum atomic E-state index is 4.47. The van der Waals surface area contributed by atoms with Crippen molar-refractivity contribution in [2.45, 2.75) is 6.92 Å². The molecular weight excluding hydrogens is 328 g/mol. The first-order chi connectivity index (χ1) is 12.7. The van der Waals surface area contributed by atoms with Crippen molar-refractivity contribution < 1.29 is 0 Å². The van der Waals surface area contributed by atoms with Crippen LogP contribution >= 0.6 is 0 Å². The standard InChI is InChI=1S/C18H18N8/c1-13-8-14(21-17-19-11-25(2)23-17)10-15(9-13)22-18-20-12-26(24-18)16-6-4-3-5-7-16/h3-12H,1-2H3,(H,21,23)(H,22,24). The zero-order valence-electron chi connectivity index (χ0n) is 14.5. The smallest absolute Gasteiger partial charge is 0.246 e. The lowest BCUT2D eigenvalue weighted by molar-refractivity contribution is 0.768. The first-order valence-electron chi connectivity index (χ1n) is 8.14. The Balaban J connectivity index is 1.54. The molecule has 8 heteroatoms. The Morgan fingerprint density at radius 3 is 2.12 bits per heavy atom. The van der Waals surface area contributed by atoms with E-state index in [9.17, 15) is 0 Å². The molecule has 0 saturated carbocycles. The monoisotopic (exact) mass is 346 g/mol. The molecule has 4 rings (SSSR count). The molecule has 0 atom stereocenters. The van der Waals surface area contributed by atoms with Crippen LogP contribution in [-0.4, -0.2) is 29.5 Å². The van der Waals surface area contributed by atoms with Gasteiger partial charge in [0.15, 0.2) is 0 Å². The summed E-state index contributed by atoms with van der Waals surface area (Å²) in [5.41, 5.74) is 3.83. The number of rotatable bonds is 5. The van der Waals surface area contributed by atoms with Gasteiger partial charge in [0.05, 0.1) is 5.69 Å². The van der Waals surface area contributed by atoms with Crippen LogP contribution in [0.25, 0.3) is 5.69 Å². The minimum absolute atomic E-state index is 0.529. The van der Waals surface area contributed by atoms with E-state index in [0.717, 1.165) is 22.6 Å². The second-order valence-corrected chi connectivity index (χ2v) is 5.93. The van der Waals surface area contributed by atoms with Gasteiger partial charge in [-0.1, -0.05) is 18.2 Å². The highest BCUT2D eigenvalue weighted by molar-refractivity contribution is 5.65. The second-order valence-electron chi connectivity index (χ2n) is 5.93. The Hall–Kier alpha value is -3.68. The number of aryl methyl sites for hydroxylation is 2. The summed E-state index contributed by atoms with van der Waals surface area (Å²) < 4.78 is 3.38. The lowest BCUT2D eigenvalue weighted by atomic mass is 10.2. The summed E-state index contributed by atoms with van der Waals surface area (Å²) in [6.07, 6.45) is 3.34. The van der Waals surface area contributed by atoms with Crippen molar-refractivity contribution in [2.24, 2.45) is 7.05 Å². The van der Waals surface area contributed by atoms with E-state index < -0.39 is 0 Å². The van der Waals surface area contributed by atoms with Gasteiger partial charge in [-0.3, -0.25) is 4.68 Å². The normalized spacial score (nSPS) is 10.7. The van der Waals surface area contributed by atoms with Crippen molar-refractivity contribution in [1.29, 1.82) is 0 Å². The van der Waals surface area contributed by atoms with Gasteiger partial charge in [0.25, 0.3) is 0 Å². The Morgan fingerprint density at radius 1 is 0.808 bits per heavy atom. The Morgan fingerprint density at radius 2 is 1.46 bits per heavy atom. The summed E-state index contributed by atoms with van der Waals surface area (Å²) in [6.45, 7) is 2.03. The number of hydrogen-bond acceptors (Lipinski definition) is 6. The molecule has 0 aliphatic carbocycles. The third kappa shape index (κ3) is 3.54. The van der Waals surface area contributed by atoms with E-state index in [0.29, 0.717) is 11.9 Å². The minimum Gasteiger partial charge on any atom is -0.323 e. The van der Waals surface area contributed by atoms with Crippen LogP contribution in [0.4, 0.5) is 23.3 Å². The van der Waals surface area contributed by atoms with Crippen LogP contribution in [0.5, 0.6) is 0 Å².